The smallest absolute Gasteiger partial charge is 0.393 e. The molecule has 0 spiro atoms. The van der Waals surface area contributed by atoms with Crippen molar-refractivity contribution in [2.75, 3.05) is 13.1 Å². The van der Waals surface area contributed by atoms with Crippen LogP contribution < -0.4 is 0 Å². The first kappa shape index (κ1) is 14.4. The van der Waals surface area contributed by atoms with Crippen LogP contribution in [0.1, 0.15) is 23.3 Å². The molecule has 1 aromatic heterocycles. The first-order valence-corrected chi connectivity index (χ1v) is 7.04. The Morgan fingerprint density at radius 3 is 2.76 bits per heavy atom. The summed E-state index contributed by atoms with van der Waals surface area (Å²) >= 11 is 0. The molecule has 2 aliphatic rings. The maximum Gasteiger partial charge on any atom is 0.406 e. The van der Waals surface area contributed by atoms with Crippen LogP contribution in [0, 0.1) is 11.8 Å². The van der Waals surface area contributed by atoms with Crippen LogP contribution in [-0.2, 0) is 6.54 Å². The minimum atomic E-state index is -4.36. The van der Waals surface area contributed by atoms with Gasteiger partial charge in [-0.15, -0.1) is 0 Å². The van der Waals surface area contributed by atoms with Gasteiger partial charge in [-0.3, -0.25) is 4.79 Å². The molecular formula is C14H17F3N2O2. The van der Waals surface area contributed by atoms with Crippen LogP contribution in [0.15, 0.2) is 18.3 Å². The number of alkyl halides is 3. The van der Waals surface area contributed by atoms with Crippen molar-refractivity contribution in [3.8, 4) is 0 Å². The topological polar surface area (TPSA) is 45.5 Å². The van der Waals surface area contributed by atoms with Crippen LogP contribution in [0.2, 0.25) is 0 Å². The van der Waals surface area contributed by atoms with Gasteiger partial charge in [0.1, 0.15) is 12.2 Å². The lowest BCUT2D eigenvalue weighted by Gasteiger charge is -2.20. The van der Waals surface area contributed by atoms with Crippen molar-refractivity contribution in [2.24, 2.45) is 11.8 Å². The fourth-order valence-electron chi connectivity index (χ4n) is 3.50. The number of hydrogen-bond donors (Lipinski definition) is 1. The van der Waals surface area contributed by atoms with E-state index in [9.17, 15) is 23.1 Å². The first-order chi connectivity index (χ1) is 9.85. The average Bonchev–Trinajstić information content (AvgIpc) is 3.05. The maximum atomic E-state index is 12.5. The summed E-state index contributed by atoms with van der Waals surface area (Å²) in [4.78, 5) is 14.0. The van der Waals surface area contributed by atoms with E-state index in [1.165, 1.54) is 18.3 Å². The summed E-state index contributed by atoms with van der Waals surface area (Å²) in [6.07, 6.45) is -1.85. The van der Waals surface area contributed by atoms with E-state index in [-0.39, 0.29) is 23.4 Å². The maximum absolute atomic E-state index is 12.5. The van der Waals surface area contributed by atoms with Gasteiger partial charge < -0.3 is 14.6 Å². The van der Waals surface area contributed by atoms with E-state index in [0.29, 0.717) is 13.1 Å². The second-order valence-corrected chi connectivity index (χ2v) is 5.92. The van der Waals surface area contributed by atoms with Crippen molar-refractivity contribution < 1.29 is 23.1 Å². The van der Waals surface area contributed by atoms with Gasteiger partial charge in [0.25, 0.3) is 5.91 Å². The Bertz CT molecular complexity index is 541. The Kier molecular flexibility index (Phi) is 3.47. The molecule has 4 nitrogen and oxygen atoms in total. The number of aliphatic hydroxyl groups excluding tert-OH is 1. The molecule has 7 heteroatoms. The number of hydrogen-bond acceptors (Lipinski definition) is 2. The number of amides is 1. The van der Waals surface area contributed by atoms with E-state index in [0.717, 1.165) is 17.4 Å². The van der Waals surface area contributed by atoms with E-state index in [4.69, 9.17) is 0 Å². The van der Waals surface area contributed by atoms with Crippen molar-refractivity contribution in [2.45, 2.75) is 31.7 Å². The molecule has 3 unspecified atom stereocenters. The molecule has 1 aliphatic carbocycles. The molecule has 3 rings (SSSR count). The van der Waals surface area contributed by atoms with Gasteiger partial charge >= 0.3 is 6.18 Å². The summed E-state index contributed by atoms with van der Waals surface area (Å²) in [6, 6.07) is 2.86. The Hall–Kier alpha value is -1.50. The summed E-state index contributed by atoms with van der Waals surface area (Å²) < 4.78 is 38.4. The van der Waals surface area contributed by atoms with Crippen LogP contribution in [0.4, 0.5) is 13.2 Å². The van der Waals surface area contributed by atoms with Crippen molar-refractivity contribution in [3.63, 3.8) is 0 Å². The number of carbonyl (C=O) groups excluding carboxylic acids is 1. The molecular weight excluding hydrogens is 285 g/mol. The fraction of sp³-hybridized carbons (Fsp3) is 0.643. The second kappa shape index (κ2) is 5.05. The lowest BCUT2D eigenvalue weighted by molar-refractivity contribution is -0.140. The monoisotopic (exact) mass is 302 g/mol. The molecule has 1 saturated heterocycles. The summed E-state index contributed by atoms with van der Waals surface area (Å²) in [7, 11) is 0. The van der Waals surface area contributed by atoms with Gasteiger partial charge in [-0.25, -0.2) is 0 Å². The minimum Gasteiger partial charge on any atom is -0.393 e. The van der Waals surface area contributed by atoms with Crippen molar-refractivity contribution in [1.29, 1.82) is 0 Å². The molecule has 1 amide bonds. The highest BCUT2D eigenvalue weighted by molar-refractivity contribution is 5.93. The predicted octanol–water partition coefficient (Wildman–Crippen LogP) is 1.89. The lowest BCUT2D eigenvalue weighted by atomic mass is 10.00. The number of aliphatic hydroxyl groups is 1. The van der Waals surface area contributed by atoms with Gasteiger partial charge in [0.15, 0.2) is 0 Å². The molecule has 1 aromatic rings. The van der Waals surface area contributed by atoms with Crippen LogP contribution >= 0.6 is 0 Å². The third kappa shape index (κ3) is 2.79. The molecule has 116 valence electrons. The number of rotatable bonds is 2. The Labute approximate surface area is 120 Å². The normalized spacial score (nSPS) is 29.0. The number of likely N-dealkylation sites (tertiary alicyclic amines) is 1. The average molecular weight is 302 g/mol. The molecule has 21 heavy (non-hydrogen) atoms. The largest absolute Gasteiger partial charge is 0.406 e. The predicted molar refractivity (Wildman–Crippen MR) is 68.6 cm³/mol. The summed E-state index contributed by atoms with van der Waals surface area (Å²) in [5.74, 6) is -0.0409. The van der Waals surface area contributed by atoms with Crippen LogP contribution in [0.25, 0.3) is 0 Å². The van der Waals surface area contributed by atoms with Crippen LogP contribution in [-0.4, -0.2) is 45.9 Å². The van der Waals surface area contributed by atoms with E-state index in [2.05, 4.69) is 0 Å². The van der Waals surface area contributed by atoms with Gasteiger partial charge in [0.05, 0.1) is 6.10 Å². The van der Waals surface area contributed by atoms with E-state index < -0.39 is 18.8 Å². The zero-order valence-electron chi connectivity index (χ0n) is 11.4. The van der Waals surface area contributed by atoms with Crippen molar-refractivity contribution >= 4 is 5.91 Å². The highest BCUT2D eigenvalue weighted by Crippen LogP contribution is 2.38. The highest BCUT2D eigenvalue weighted by Gasteiger charge is 2.43. The Morgan fingerprint density at radius 2 is 2.10 bits per heavy atom. The van der Waals surface area contributed by atoms with Gasteiger partial charge in [-0.1, -0.05) is 0 Å². The lowest BCUT2D eigenvalue weighted by Crippen LogP contribution is -2.33. The van der Waals surface area contributed by atoms with Gasteiger partial charge in [-0.05, 0) is 30.9 Å². The minimum absolute atomic E-state index is 0.0572. The molecule has 0 bridgehead atoms. The third-order valence-electron chi connectivity index (χ3n) is 4.50. The van der Waals surface area contributed by atoms with Crippen LogP contribution in [0.5, 0.6) is 0 Å². The molecule has 1 N–H and O–H groups in total. The Morgan fingerprint density at radius 1 is 1.33 bits per heavy atom. The van der Waals surface area contributed by atoms with E-state index in [1.54, 1.807) is 4.90 Å². The standard InChI is InChI=1S/C14H17F3N2O2/c15-14(16,17)8-18-5-1-2-11(18)13(21)19-6-9-3-4-12(20)10(9)7-19/h1-2,5,9-10,12,20H,3-4,6-8H2. The zero-order valence-corrected chi connectivity index (χ0v) is 11.4. The number of nitrogens with zero attached hydrogens (tertiary/aromatic N) is 2. The molecule has 0 radical (unpaired) electrons. The number of aromatic nitrogens is 1. The van der Waals surface area contributed by atoms with E-state index in [1.807, 2.05) is 0 Å². The van der Waals surface area contributed by atoms with Crippen molar-refractivity contribution in [3.05, 3.63) is 24.0 Å². The number of fused-ring (bicyclic) bond motifs is 1. The Balaban J connectivity index is 1.74. The van der Waals surface area contributed by atoms with Gasteiger partial charge in [0, 0.05) is 25.2 Å². The summed E-state index contributed by atoms with van der Waals surface area (Å²) in [5.41, 5.74) is 0.0572. The number of carbonyl (C=O) groups is 1. The van der Waals surface area contributed by atoms with Crippen molar-refractivity contribution in [1.82, 2.24) is 9.47 Å². The molecule has 1 saturated carbocycles. The second-order valence-electron chi connectivity index (χ2n) is 5.92. The third-order valence-corrected chi connectivity index (χ3v) is 4.50. The fourth-order valence-corrected chi connectivity index (χ4v) is 3.50. The molecule has 2 fully saturated rings. The first-order valence-electron chi connectivity index (χ1n) is 7.04. The van der Waals surface area contributed by atoms with Gasteiger partial charge in [-0.2, -0.15) is 13.2 Å². The molecule has 2 heterocycles. The summed E-state index contributed by atoms with van der Waals surface area (Å²) in [5, 5.41) is 9.84. The van der Waals surface area contributed by atoms with E-state index >= 15 is 0 Å². The molecule has 1 aliphatic heterocycles. The van der Waals surface area contributed by atoms with Crippen LogP contribution in [0.3, 0.4) is 0 Å². The number of halogens is 3. The molecule has 0 aromatic carbocycles. The molecule has 3 atom stereocenters. The SMILES string of the molecule is O=C(c1cccn1CC(F)(F)F)N1CC2CCC(O)C2C1. The zero-order chi connectivity index (χ0) is 15.2. The summed E-state index contributed by atoms with van der Waals surface area (Å²) in [6.45, 7) is -0.204. The highest BCUT2D eigenvalue weighted by atomic mass is 19.4. The quantitative estimate of drug-likeness (QED) is 0.907. The van der Waals surface area contributed by atoms with Gasteiger partial charge in [0.2, 0.25) is 0 Å².